The Morgan fingerprint density at radius 2 is 1.90 bits per heavy atom. The van der Waals surface area contributed by atoms with E-state index in [1.165, 1.54) is 23.5 Å². The second-order valence-electron chi connectivity index (χ2n) is 10.2. The molecule has 1 aromatic carbocycles. The van der Waals surface area contributed by atoms with Gasteiger partial charge < -0.3 is 20.3 Å². The van der Waals surface area contributed by atoms with Crippen molar-refractivity contribution in [2.24, 2.45) is 5.92 Å². The topological polar surface area (TPSA) is 108 Å². The lowest BCUT2D eigenvalue weighted by atomic mass is 9.93. The van der Waals surface area contributed by atoms with Crippen molar-refractivity contribution >= 4 is 33.3 Å². The first-order valence-electron chi connectivity index (χ1n) is 13.2. The van der Waals surface area contributed by atoms with Crippen LogP contribution in [0, 0.1) is 12.8 Å². The lowest BCUT2D eigenvalue weighted by Crippen LogP contribution is -2.34. The predicted octanol–water partition coefficient (Wildman–Crippen LogP) is 4.47. The van der Waals surface area contributed by atoms with Gasteiger partial charge in [0.15, 0.2) is 5.82 Å². The quantitative estimate of drug-likeness (QED) is 0.382. The summed E-state index contributed by atoms with van der Waals surface area (Å²) in [5.74, 6) is 0.829. The Kier molecular flexibility index (Phi) is 8.64. The molecule has 0 spiro atoms. The third kappa shape index (κ3) is 7.78. The number of aromatic nitrogens is 4. The number of benzene rings is 1. The van der Waals surface area contributed by atoms with Crippen LogP contribution in [-0.2, 0) is 11.3 Å². The van der Waals surface area contributed by atoms with E-state index >= 15 is 0 Å². The number of halogens is 3. The van der Waals surface area contributed by atoms with Crippen LogP contribution in [0.4, 0.5) is 29.3 Å². The van der Waals surface area contributed by atoms with Crippen molar-refractivity contribution in [1.82, 2.24) is 25.3 Å². The van der Waals surface area contributed by atoms with Crippen molar-refractivity contribution in [3.8, 4) is 5.75 Å². The molecule has 2 N–H and O–H groups in total. The first-order valence-corrected chi connectivity index (χ1v) is 14.0. The van der Waals surface area contributed by atoms with Crippen LogP contribution in [0.2, 0.25) is 0 Å². The van der Waals surface area contributed by atoms with E-state index in [1.807, 2.05) is 12.1 Å². The molecule has 10 nitrogen and oxygen atoms in total. The number of carbonyl (C=O) groups excluding carboxylic acids is 1. The molecular weight excluding hydrogens is 545 g/mol. The van der Waals surface area contributed by atoms with Crippen molar-refractivity contribution in [2.45, 2.75) is 51.6 Å². The number of carbonyl (C=O) groups is 1. The lowest BCUT2D eigenvalue weighted by molar-refractivity contribution is -0.274. The SMILES string of the molecule is Cc1cc(OC(F)(F)F)ccc1CN1CCC(CC(=O)Nc2nnc(N[C@@H]3CCN(c4cccnn4)C3)s2)CC1. The molecule has 2 aromatic heterocycles. The van der Waals surface area contributed by atoms with Crippen LogP contribution in [-0.4, -0.2) is 69.8 Å². The summed E-state index contributed by atoms with van der Waals surface area (Å²) in [5, 5.41) is 23.8. The van der Waals surface area contributed by atoms with Gasteiger partial charge in [0.1, 0.15) is 5.75 Å². The van der Waals surface area contributed by atoms with Gasteiger partial charge in [-0.25, -0.2) is 0 Å². The van der Waals surface area contributed by atoms with Gasteiger partial charge in [-0.3, -0.25) is 9.69 Å². The van der Waals surface area contributed by atoms with Crippen LogP contribution in [0.25, 0.3) is 0 Å². The molecule has 0 radical (unpaired) electrons. The summed E-state index contributed by atoms with van der Waals surface area (Å²) in [6.45, 7) is 5.73. The van der Waals surface area contributed by atoms with Crippen LogP contribution >= 0.6 is 11.3 Å². The summed E-state index contributed by atoms with van der Waals surface area (Å²) in [7, 11) is 0. The summed E-state index contributed by atoms with van der Waals surface area (Å²) in [6, 6.07) is 8.47. The van der Waals surface area contributed by atoms with Gasteiger partial charge in [0.25, 0.3) is 0 Å². The van der Waals surface area contributed by atoms with Crippen LogP contribution in [0.5, 0.6) is 5.75 Å². The fourth-order valence-electron chi connectivity index (χ4n) is 5.12. The maximum absolute atomic E-state index is 12.7. The first kappa shape index (κ1) is 28.0. The minimum atomic E-state index is -4.70. The number of rotatable bonds is 9. The molecule has 2 aliphatic heterocycles. The van der Waals surface area contributed by atoms with Gasteiger partial charge in [-0.15, -0.1) is 28.5 Å². The summed E-state index contributed by atoms with van der Waals surface area (Å²) in [6.07, 6.45) is 0.0441. The van der Waals surface area contributed by atoms with Crippen molar-refractivity contribution in [2.75, 3.05) is 41.7 Å². The lowest BCUT2D eigenvalue weighted by Gasteiger charge is -2.32. The normalized spacial score (nSPS) is 18.6. The number of nitrogens with one attached hydrogen (secondary N) is 2. The van der Waals surface area contributed by atoms with Gasteiger partial charge >= 0.3 is 6.36 Å². The van der Waals surface area contributed by atoms with Crippen LogP contribution < -0.4 is 20.3 Å². The van der Waals surface area contributed by atoms with Crippen molar-refractivity contribution in [3.63, 3.8) is 0 Å². The Morgan fingerprint density at radius 1 is 1.10 bits per heavy atom. The number of alkyl halides is 3. The van der Waals surface area contributed by atoms with E-state index < -0.39 is 6.36 Å². The van der Waals surface area contributed by atoms with Crippen LogP contribution in [0.3, 0.4) is 0 Å². The number of nitrogens with zero attached hydrogens (tertiary/aromatic N) is 6. The molecule has 1 amide bonds. The fraction of sp³-hybridized carbons (Fsp3) is 0.500. The van der Waals surface area contributed by atoms with Crippen molar-refractivity contribution in [1.29, 1.82) is 0 Å². The molecule has 2 aliphatic rings. The van der Waals surface area contributed by atoms with E-state index in [4.69, 9.17) is 0 Å². The Morgan fingerprint density at radius 3 is 2.62 bits per heavy atom. The summed E-state index contributed by atoms with van der Waals surface area (Å²) < 4.78 is 41.4. The van der Waals surface area contributed by atoms with Gasteiger partial charge in [-0.05, 0) is 80.6 Å². The third-order valence-corrected chi connectivity index (χ3v) is 7.96. The van der Waals surface area contributed by atoms with E-state index in [-0.39, 0.29) is 23.6 Å². The maximum Gasteiger partial charge on any atom is 0.573 e. The zero-order valence-corrected chi connectivity index (χ0v) is 22.8. The molecular formula is C26H31F3N8O2S. The summed E-state index contributed by atoms with van der Waals surface area (Å²) >= 11 is 1.32. The maximum atomic E-state index is 12.7. The average Bonchev–Trinajstić information content (AvgIpc) is 3.56. The molecule has 14 heteroatoms. The molecule has 40 heavy (non-hydrogen) atoms. The predicted molar refractivity (Wildman–Crippen MR) is 145 cm³/mol. The smallest absolute Gasteiger partial charge is 0.406 e. The Hall–Kier alpha value is -3.52. The van der Waals surface area contributed by atoms with Crippen LogP contribution in [0.1, 0.15) is 36.8 Å². The molecule has 0 bridgehead atoms. The number of piperidine rings is 1. The molecule has 2 fully saturated rings. The van der Waals surface area contributed by atoms with Gasteiger partial charge in [0.2, 0.25) is 16.2 Å². The molecule has 5 rings (SSSR count). The minimum Gasteiger partial charge on any atom is -0.406 e. The van der Waals surface area contributed by atoms with E-state index in [0.29, 0.717) is 23.2 Å². The second kappa shape index (κ2) is 12.3. The fourth-order valence-corrected chi connectivity index (χ4v) is 5.86. The van der Waals surface area contributed by atoms with Gasteiger partial charge in [-0.2, -0.15) is 5.10 Å². The highest BCUT2D eigenvalue weighted by atomic mass is 32.1. The largest absolute Gasteiger partial charge is 0.573 e. The van der Waals surface area contributed by atoms with Crippen LogP contribution in [0.15, 0.2) is 36.5 Å². The number of hydrogen-bond donors (Lipinski definition) is 2. The Balaban J connectivity index is 1.03. The zero-order chi connectivity index (χ0) is 28.1. The second-order valence-corrected chi connectivity index (χ2v) is 11.2. The monoisotopic (exact) mass is 576 g/mol. The van der Waals surface area contributed by atoms with Crippen molar-refractivity contribution < 1.29 is 22.7 Å². The highest BCUT2D eigenvalue weighted by Crippen LogP contribution is 2.28. The third-order valence-electron chi connectivity index (χ3n) is 7.19. The van der Waals surface area contributed by atoms with E-state index in [1.54, 1.807) is 19.2 Å². The highest BCUT2D eigenvalue weighted by Gasteiger charge is 2.31. The molecule has 2 saturated heterocycles. The molecule has 214 valence electrons. The number of hydrogen-bond acceptors (Lipinski definition) is 10. The molecule has 1 atom stereocenters. The molecule has 0 unspecified atom stereocenters. The van der Waals surface area contributed by atoms with E-state index in [2.05, 4.69) is 45.6 Å². The average molecular weight is 577 g/mol. The minimum absolute atomic E-state index is 0.0769. The Labute approximate surface area is 233 Å². The number of anilines is 3. The number of amides is 1. The van der Waals surface area contributed by atoms with Crippen molar-refractivity contribution in [3.05, 3.63) is 47.7 Å². The highest BCUT2D eigenvalue weighted by molar-refractivity contribution is 7.19. The summed E-state index contributed by atoms with van der Waals surface area (Å²) in [5.41, 5.74) is 1.72. The van der Waals surface area contributed by atoms with Gasteiger partial charge in [-0.1, -0.05) is 17.4 Å². The molecule has 4 heterocycles. The first-order chi connectivity index (χ1) is 19.2. The van der Waals surface area contributed by atoms with E-state index in [0.717, 1.165) is 62.4 Å². The number of aryl methyl sites for hydroxylation is 1. The molecule has 0 aliphatic carbocycles. The van der Waals surface area contributed by atoms with Gasteiger partial charge in [0, 0.05) is 38.3 Å². The zero-order valence-electron chi connectivity index (χ0n) is 22.0. The number of ether oxygens (including phenoxy) is 1. The Bertz CT molecular complexity index is 1280. The standard InChI is InChI=1S/C26H31F3N8O2S/c1-17-13-21(39-26(27,28)29)5-4-19(17)15-36-10-6-18(7-11-36)14-23(38)32-25-35-34-24(40-25)31-20-8-12-37(16-20)22-3-2-9-30-33-22/h2-5,9,13,18,20H,6-8,10-12,14-16H2,1H3,(H,31,34)(H,32,35,38)/t20-/m1/s1. The summed E-state index contributed by atoms with van der Waals surface area (Å²) in [4.78, 5) is 17.1. The molecule has 3 aromatic rings. The number of likely N-dealkylation sites (tertiary alicyclic amines) is 1. The van der Waals surface area contributed by atoms with Gasteiger partial charge in [0.05, 0.1) is 0 Å². The molecule has 0 saturated carbocycles. The van der Waals surface area contributed by atoms with E-state index in [9.17, 15) is 18.0 Å².